The molecule has 1 unspecified atom stereocenters. The van der Waals surface area contributed by atoms with Crippen molar-refractivity contribution < 1.29 is 19.0 Å². The molecule has 2 aromatic carbocycles. The van der Waals surface area contributed by atoms with E-state index in [2.05, 4.69) is 17.0 Å². The van der Waals surface area contributed by atoms with Gasteiger partial charge in [-0.1, -0.05) is 42.5 Å². The van der Waals surface area contributed by atoms with Crippen LogP contribution in [0.2, 0.25) is 0 Å². The Balaban J connectivity index is 1.32. The zero-order valence-corrected chi connectivity index (χ0v) is 20.6. The number of aromatic nitrogens is 1. The van der Waals surface area contributed by atoms with Crippen LogP contribution in [-0.4, -0.2) is 54.9 Å². The first-order chi connectivity index (χ1) is 17.1. The third kappa shape index (κ3) is 6.24. The van der Waals surface area contributed by atoms with Gasteiger partial charge in [0, 0.05) is 26.7 Å². The summed E-state index contributed by atoms with van der Waals surface area (Å²) in [6, 6.07) is 21.5. The molecule has 1 saturated heterocycles. The normalized spacial score (nSPS) is 15.6. The van der Waals surface area contributed by atoms with Gasteiger partial charge in [-0.25, -0.2) is 4.79 Å². The zero-order valence-electron chi connectivity index (χ0n) is 20.6. The van der Waals surface area contributed by atoms with Gasteiger partial charge in [0.1, 0.15) is 17.5 Å². The highest BCUT2D eigenvalue weighted by Crippen LogP contribution is 2.31. The molecule has 0 radical (unpaired) electrons. The molecule has 0 aliphatic carbocycles. The number of piperidine rings is 1. The third-order valence-corrected chi connectivity index (χ3v) is 6.58. The van der Waals surface area contributed by atoms with Crippen molar-refractivity contribution in [3.8, 4) is 5.75 Å². The van der Waals surface area contributed by atoms with Crippen LogP contribution in [0.5, 0.6) is 5.75 Å². The van der Waals surface area contributed by atoms with E-state index in [0.717, 1.165) is 55.9 Å². The topological polar surface area (TPSA) is 78.9 Å². The summed E-state index contributed by atoms with van der Waals surface area (Å²) in [7, 11) is 3.28. The fourth-order valence-corrected chi connectivity index (χ4v) is 4.59. The summed E-state index contributed by atoms with van der Waals surface area (Å²) in [5, 5.41) is 0. The number of carbonyl (C=O) groups excluding carboxylic acids is 1. The first kappa shape index (κ1) is 24.8. The molecule has 1 aliphatic rings. The molecule has 186 valence electrons. The molecule has 7 heteroatoms. The van der Waals surface area contributed by atoms with E-state index in [9.17, 15) is 4.79 Å². The summed E-state index contributed by atoms with van der Waals surface area (Å²) in [4.78, 5) is 14.6. The Morgan fingerprint density at radius 1 is 1.03 bits per heavy atom. The van der Waals surface area contributed by atoms with Crippen molar-refractivity contribution in [1.82, 2.24) is 9.47 Å². The van der Waals surface area contributed by atoms with Gasteiger partial charge in [-0.15, -0.1) is 0 Å². The molecule has 0 amide bonds. The summed E-state index contributed by atoms with van der Waals surface area (Å²) >= 11 is 0. The third-order valence-electron chi connectivity index (χ3n) is 6.58. The minimum Gasteiger partial charge on any atom is -0.491 e. The molecule has 35 heavy (non-hydrogen) atoms. The van der Waals surface area contributed by atoms with Crippen LogP contribution in [0.4, 0.5) is 5.69 Å². The molecule has 0 bridgehead atoms. The number of esters is 1. The molecular weight excluding hydrogens is 442 g/mol. The van der Waals surface area contributed by atoms with Crippen LogP contribution in [0.15, 0.2) is 66.7 Å². The average Bonchev–Trinajstić information content (AvgIpc) is 3.28. The predicted octanol–water partition coefficient (Wildman–Crippen LogP) is 4.43. The number of anilines is 1. The molecular formula is C28H35N3O4. The SMILES string of the molecule is COC(=O)c1ccc(C(OC2CCN(CCCOc3ccccc3N)CC2)c2ccccc2)n1C. The number of hydrogen-bond acceptors (Lipinski definition) is 6. The number of benzene rings is 2. The summed E-state index contributed by atoms with van der Waals surface area (Å²) in [6.07, 6.45) is 2.77. The Hall–Kier alpha value is -3.29. The average molecular weight is 478 g/mol. The van der Waals surface area contributed by atoms with Gasteiger partial charge in [-0.05, 0) is 49.1 Å². The second kappa shape index (κ2) is 11.9. The smallest absolute Gasteiger partial charge is 0.354 e. The monoisotopic (exact) mass is 477 g/mol. The summed E-state index contributed by atoms with van der Waals surface area (Å²) in [6.45, 7) is 3.61. The Morgan fingerprint density at radius 3 is 2.46 bits per heavy atom. The lowest BCUT2D eigenvalue weighted by atomic mass is 10.0. The Kier molecular flexibility index (Phi) is 8.45. The van der Waals surface area contributed by atoms with Gasteiger partial charge in [0.2, 0.25) is 0 Å². The van der Waals surface area contributed by atoms with Gasteiger partial charge in [0.25, 0.3) is 0 Å². The van der Waals surface area contributed by atoms with Crippen molar-refractivity contribution in [2.45, 2.75) is 31.5 Å². The lowest BCUT2D eigenvalue weighted by Crippen LogP contribution is -2.38. The van der Waals surface area contributed by atoms with Crippen molar-refractivity contribution in [3.63, 3.8) is 0 Å². The van der Waals surface area contributed by atoms with E-state index in [0.29, 0.717) is 18.0 Å². The highest BCUT2D eigenvalue weighted by atomic mass is 16.5. The number of nitrogens with zero attached hydrogens (tertiary/aromatic N) is 2. The van der Waals surface area contributed by atoms with Gasteiger partial charge in [0.05, 0.1) is 31.2 Å². The second-order valence-electron chi connectivity index (χ2n) is 8.90. The number of ether oxygens (including phenoxy) is 3. The van der Waals surface area contributed by atoms with Crippen molar-refractivity contribution in [2.24, 2.45) is 7.05 Å². The lowest BCUT2D eigenvalue weighted by molar-refractivity contribution is -0.0298. The standard InChI is InChI=1S/C28H35N3O4/c1-30-24(13-14-25(30)28(32)33-2)27(21-9-4-3-5-10-21)35-22-15-18-31(19-16-22)17-8-20-34-26-12-7-6-11-23(26)29/h3-7,9-14,22,27H,8,15-20,29H2,1-2H3. The van der Waals surface area contributed by atoms with E-state index in [1.54, 1.807) is 6.07 Å². The van der Waals surface area contributed by atoms with Gasteiger partial charge >= 0.3 is 5.97 Å². The number of likely N-dealkylation sites (tertiary alicyclic amines) is 1. The van der Waals surface area contributed by atoms with E-state index >= 15 is 0 Å². The molecule has 7 nitrogen and oxygen atoms in total. The van der Waals surface area contributed by atoms with E-state index < -0.39 is 0 Å². The molecule has 1 fully saturated rings. The van der Waals surface area contributed by atoms with Crippen LogP contribution in [0.1, 0.15) is 47.1 Å². The fraction of sp³-hybridized carbons (Fsp3) is 0.393. The first-order valence-electron chi connectivity index (χ1n) is 12.2. The van der Waals surface area contributed by atoms with Crippen molar-refractivity contribution in [1.29, 1.82) is 0 Å². The van der Waals surface area contributed by atoms with Crippen LogP contribution in [0.3, 0.4) is 0 Å². The van der Waals surface area contributed by atoms with Gasteiger partial charge in [0.15, 0.2) is 0 Å². The maximum Gasteiger partial charge on any atom is 0.354 e. The van der Waals surface area contributed by atoms with E-state index in [1.807, 2.05) is 60.1 Å². The zero-order chi connectivity index (χ0) is 24.6. The second-order valence-corrected chi connectivity index (χ2v) is 8.90. The highest BCUT2D eigenvalue weighted by Gasteiger charge is 2.27. The lowest BCUT2D eigenvalue weighted by Gasteiger charge is -2.34. The molecule has 3 aromatic rings. The Bertz CT molecular complexity index is 1090. The number of nitrogen functional groups attached to an aromatic ring is 1. The van der Waals surface area contributed by atoms with Crippen LogP contribution >= 0.6 is 0 Å². The molecule has 1 atom stereocenters. The highest BCUT2D eigenvalue weighted by molar-refractivity contribution is 5.87. The predicted molar refractivity (Wildman–Crippen MR) is 137 cm³/mol. The number of nitrogens with two attached hydrogens (primary N) is 1. The van der Waals surface area contributed by atoms with E-state index in [4.69, 9.17) is 19.9 Å². The van der Waals surface area contributed by atoms with Crippen LogP contribution in [0.25, 0.3) is 0 Å². The van der Waals surface area contributed by atoms with Crippen LogP contribution in [0, 0.1) is 0 Å². The summed E-state index contributed by atoms with van der Waals surface area (Å²) in [5.41, 5.74) is 9.15. The number of hydrogen-bond donors (Lipinski definition) is 1. The van der Waals surface area contributed by atoms with Gasteiger partial charge in [-0.2, -0.15) is 0 Å². The van der Waals surface area contributed by atoms with Crippen LogP contribution in [-0.2, 0) is 16.5 Å². The minimum atomic E-state index is -0.349. The minimum absolute atomic E-state index is 0.147. The maximum atomic E-state index is 12.1. The Labute approximate surface area is 207 Å². The molecule has 4 rings (SSSR count). The molecule has 1 aliphatic heterocycles. The van der Waals surface area contributed by atoms with Crippen molar-refractivity contribution in [2.75, 3.05) is 39.1 Å². The fourth-order valence-electron chi connectivity index (χ4n) is 4.59. The molecule has 2 heterocycles. The molecule has 1 aromatic heterocycles. The number of methoxy groups -OCH3 is 1. The van der Waals surface area contributed by atoms with Gasteiger partial charge < -0.3 is 29.4 Å². The molecule has 0 saturated carbocycles. The molecule has 0 spiro atoms. The van der Waals surface area contributed by atoms with Crippen molar-refractivity contribution >= 4 is 11.7 Å². The van der Waals surface area contributed by atoms with Crippen LogP contribution < -0.4 is 10.5 Å². The molecule has 2 N–H and O–H groups in total. The van der Waals surface area contributed by atoms with Crippen molar-refractivity contribution in [3.05, 3.63) is 83.7 Å². The van der Waals surface area contributed by atoms with E-state index in [-0.39, 0.29) is 18.2 Å². The number of para-hydroxylation sites is 2. The number of carbonyl (C=O) groups is 1. The largest absolute Gasteiger partial charge is 0.491 e. The quantitative estimate of drug-likeness (QED) is 0.264. The summed E-state index contributed by atoms with van der Waals surface area (Å²) < 4.78 is 19.3. The maximum absolute atomic E-state index is 12.1. The van der Waals surface area contributed by atoms with E-state index in [1.165, 1.54) is 7.11 Å². The Morgan fingerprint density at radius 2 is 1.74 bits per heavy atom. The summed E-state index contributed by atoms with van der Waals surface area (Å²) in [5.74, 6) is 0.403. The first-order valence-corrected chi connectivity index (χ1v) is 12.2. The number of rotatable bonds is 10. The van der Waals surface area contributed by atoms with Gasteiger partial charge in [-0.3, -0.25) is 0 Å².